The fourth-order valence-corrected chi connectivity index (χ4v) is 1.80. The topological polar surface area (TPSA) is 53.6 Å². The Morgan fingerprint density at radius 1 is 1.44 bits per heavy atom. The van der Waals surface area contributed by atoms with E-state index >= 15 is 0 Å². The van der Waals surface area contributed by atoms with Crippen molar-refractivity contribution < 1.29 is 0 Å². The zero-order valence-electron chi connectivity index (χ0n) is 10.0. The molecule has 0 saturated heterocycles. The molecule has 0 radical (unpaired) electrons. The maximum atomic E-state index is 8.81. The monoisotopic (exact) mass is 260 g/mol. The van der Waals surface area contributed by atoms with Crippen LogP contribution < -0.4 is 5.32 Å². The number of nitrogens with one attached hydrogen (secondary N) is 1. The lowest BCUT2D eigenvalue weighted by Gasteiger charge is -2.05. The van der Waals surface area contributed by atoms with Crippen LogP contribution in [-0.4, -0.2) is 9.55 Å². The summed E-state index contributed by atoms with van der Waals surface area (Å²) in [6.45, 7) is 1.33. The number of aromatic nitrogens is 2. The average molecular weight is 261 g/mol. The first-order valence-corrected chi connectivity index (χ1v) is 5.94. The van der Waals surface area contributed by atoms with Crippen molar-refractivity contribution in [2.75, 3.05) is 0 Å². The van der Waals surface area contributed by atoms with Crippen LogP contribution in [-0.2, 0) is 20.1 Å². The summed E-state index contributed by atoms with van der Waals surface area (Å²) < 4.78 is 1.83. The Hall–Kier alpha value is -1.83. The third-order valence-corrected chi connectivity index (χ3v) is 3.05. The number of hydrogen-bond donors (Lipinski definition) is 1. The van der Waals surface area contributed by atoms with E-state index in [2.05, 4.69) is 16.4 Å². The van der Waals surface area contributed by atoms with Gasteiger partial charge in [-0.3, -0.25) is 0 Å². The number of halogens is 1. The van der Waals surface area contributed by atoms with Gasteiger partial charge in [-0.15, -0.1) is 0 Å². The smallest absolute Gasteiger partial charge is 0.128 e. The third-order valence-electron chi connectivity index (χ3n) is 2.70. The van der Waals surface area contributed by atoms with E-state index in [0.717, 1.165) is 11.4 Å². The standard InChI is InChI=1S/C13H13ClN4/c1-18-12(14)8-17-13(18)9-16-7-11-4-2-3-10(5-11)6-15/h2-5,8,16H,7,9H2,1H3. The van der Waals surface area contributed by atoms with E-state index in [1.54, 1.807) is 12.3 Å². The molecule has 0 spiro atoms. The van der Waals surface area contributed by atoms with Gasteiger partial charge in [-0.25, -0.2) is 4.98 Å². The van der Waals surface area contributed by atoms with E-state index in [-0.39, 0.29) is 0 Å². The molecule has 0 aliphatic heterocycles. The van der Waals surface area contributed by atoms with Crippen LogP contribution in [0.1, 0.15) is 17.0 Å². The van der Waals surface area contributed by atoms with Gasteiger partial charge < -0.3 is 9.88 Å². The molecular weight excluding hydrogens is 248 g/mol. The van der Waals surface area contributed by atoms with Gasteiger partial charge in [0.15, 0.2) is 0 Å². The predicted octanol–water partition coefficient (Wildman–Crippen LogP) is 2.23. The van der Waals surface area contributed by atoms with Gasteiger partial charge >= 0.3 is 0 Å². The minimum atomic E-state index is 0.623. The zero-order valence-corrected chi connectivity index (χ0v) is 10.8. The van der Waals surface area contributed by atoms with Gasteiger partial charge in [0.05, 0.1) is 24.4 Å². The summed E-state index contributed by atoms with van der Waals surface area (Å²) in [6.07, 6.45) is 1.63. The maximum absolute atomic E-state index is 8.81. The van der Waals surface area contributed by atoms with Gasteiger partial charge in [-0.2, -0.15) is 5.26 Å². The van der Waals surface area contributed by atoms with Crippen LogP contribution in [0.5, 0.6) is 0 Å². The molecule has 2 rings (SSSR count). The Labute approximate surface area is 111 Å². The maximum Gasteiger partial charge on any atom is 0.128 e. The molecule has 0 bridgehead atoms. The summed E-state index contributed by atoms with van der Waals surface area (Å²) in [7, 11) is 1.88. The number of nitrogens with zero attached hydrogens (tertiary/aromatic N) is 3. The molecule has 1 aromatic carbocycles. The van der Waals surface area contributed by atoms with Gasteiger partial charge in [-0.1, -0.05) is 23.7 Å². The second-order valence-electron chi connectivity index (χ2n) is 3.97. The first-order valence-electron chi connectivity index (χ1n) is 5.56. The number of nitriles is 1. The minimum Gasteiger partial charge on any atom is -0.321 e. The largest absolute Gasteiger partial charge is 0.321 e. The molecule has 0 unspecified atom stereocenters. The highest BCUT2D eigenvalue weighted by Gasteiger charge is 2.03. The van der Waals surface area contributed by atoms with Gasteiger partial charge in [-0.05, 0) is 17.7 Å². The summed E-state index contributed by atoms with van der Waals surface area (Å²) in [5, 5.41) is 12.7. The molecule has 0 amide bonds. The number of hydrogen-bond acceptors (Lipinski definition) is 3. The van der Waals surface area contributed by atoms with Crippen molar-refractivity contribution in [1.82, 2.24) is 14.9 Å². The summed E-state index contributed by atoms with van der Waals surface area (Å²) >= 11 is 5.90. The highest BCUT2D eigenvalue weighted by Crippen LogP contribution is 2.09. The van der Waals surface area contributed by atoms with Crippen molar-refractivity contribution in [3.05, 3.63) is 52.6 Å². The van der Waals surface area contributed by atoms with Crippen LogP contribution in [0.3, 0.4) is 0 Å². The molecule has 0 aliphatic carbocycles. The highest BCUT2D eigenvalue weighted by atomic mass is 35.5. The summed E-state index contributed by atoms with van der Waals surface area (Å²) in [6, 6.07) is 9.66. The van der Waals surface area contributed by atoms with Crippen LogP contribution in [0.4, 0.5) is 0 Å². The Kier molecular flexibility index (Phi) is 3.98. The molecule has 0 aliphatic rings. The van der Waals surface area contributed by atoms with E-state index in [1.165, 1.54) is 0 Å². The molecule has 1 N–H and O–H groups in total. The van der Waals surface area contributed by atoms with E-state index < -0.39 is 0 Å². The lowest BCUT2D eigenvalue weighted by atomic mass is 10.1. The molecule has 2 aromatic rings. The van der Waals surface area contributed by atoms with Crippen molar-refractivity contribution in [2.45, 2.75) is 13.1 Å². The molecule has 0 saturated carbocycles. The molecule has 0 atom stereocenters. The summed E-state index contributed by atoms with van der Waals surface area (Å²) in [5.41, 5.74) is 1.75. The lowest BCUT2D eigenvalue weighted by Crippen LogP contribution is -2.15. The Balaban J connectivity index is 1.92. The Morgan fingerprint density at radius 3 is 2.94 bits per heavy atom. The van der Waals surface area contributed by atoms with Gasteiger partial charge in [0.25, 0.3) is 0 Å². The van der Waals surface area contributed by atoms with Crippen LogP contribution in [0.15, 0.2) is 30.5 Å². The molecule has 1 aromatic heterocycles. The fourth-order valence-electron chi connectivity index (χ4n) is 1.66. The van der Waals surface area contributed by atoms with E-state index in [0.29, 0.717) is 23.8 Å². The minimum absolute atomic E-state index is 0.623. The molecule has 4 nitrogen and oxygen atoms in total. The van der Waals surface area contributed by atoms with Crippen LogP contribution in [0, 0.1) is 11.3 Å². The molecular formula is C13H13ClN4. The summed E-state index contributed by atoms with van der Waals surface area (Å²) in [4.78, 5) is 4.20. The first kappa shape index (κ1) is 12.6. The van der Waals surface area contributed by atoms with Crippen LogP contribution >= 0.6 is 11.6 Å². The first-order chi connectivity index (χ1) is 8.70. The molecule has 18 heavy (non-hydrogen) atoms. The molecule has 92 valence electrons. The summed E-state index contributed by atoms with van der Waals surface area (Å²) in [5.74, 6) is 0.886. The Bertz CT molecular complexity index is 583. The Morgan fingerprint density at radius 2 is 2.28 bits per heavy atom. The van der Waals surface area contributed by atoms with Crippen LogP contribution in [0.25, 0.3) is 0 Å². The number of rotatable bonds is 4. The van der Waals surface area contributed by atoms with E-state index in [4.69, 9.17) is 16.9 Å². The third kappa shape index (κ3) is 2.89. The van der Waals surface area contributed by atoms with Crippen molar-refractivity contribution in [3.8, 4) is 6.07 Å². The second-order valence-corrected chi connectivity index (χ2v) is 4.36. The normalized spacial score (nSPS) is 10.3. The van der Waals surface area contributed by atoms with Crippen molar-refractivity contribution in [1.29, 1.82) is 5.26 Å². The van der Waals surface area contributed by atoms with Gasteiger partial charge in [0.1, 0.15) is 11.0 Å². The quantitative estimate of drug-likeness (QED) is 0.917. The van der Waals surface area contributed by atoms with E-state index in [1.807, 2.05) is 29.8 Å². The average Bonchev–Trinajstić information content (AvgIpc) is 2.71. The second kappa shape index (κ2) is 5.67. The van der Waals surface area contributed by atoms with Crippen molar-refractivity contribution in [3.63, 3.8) is 0 Å². The van der Waals surface area contributed by atoms with Crippen LogP contribution in [0.2, 0.25) is 5.15 Å². The zero-order chi connectivity index (χ0) is 13.0. The van der Waals surface area contributed by atoms with Gasteiger partial charge in [0, 0.05) is 13.6 Å². The SMILES string of the molecule is Cn1c(Cl)cnc1CNCc1cccc(C#N)c1. The van der Waals surface area contributed by atoms with Crippen molar-refractivity contribution >= 4 is 11.6 Å². The molecule has 5 heteroatoms. The fraction of sp³-hybridized carbons (Fsp3) is 0.231. The number of benzene rings is 1. The lowest BCUT2D eigenvalue weighted by molar-refractivity contribution is 0.639. The molecule has 0 fully saturated rings. The van der Waals surface area contributed by atoms with E-state index in [9.17, 15) is 0 Å². The van der Waals surface area contributed by atoms with Crippen molar-refractivity contribution in [2.24, 2.45) is 7.05 Å². The highest BCUT2D eigenvalue weighted by molar-refractivity contribution is 6.29. The molecule has 1 heterocycles. The number of imidazole rings is 1. The van der Waals surface area contributed by atoms with Gasteiger partial charge in [0.2, 0.25) is 0 Å². The predicted molar refractivity (Wildman–Crippen MR) is 69.9 cm³/mol.